The molecule has 0 N–H and O–H groups in total. The van der Waals surface area contributed by atoms with Gasteiger partial charge in [-0.05, 0) is 70.7 Å². The van der Waals surface area contributed by atoms with Crippen LogP contribution in [0.3, 0.4) is 0 Å². The number of hydrogen-bond acceptors (Lipinski definition) is 2. The second-order valence-electron chi connectivity index (χ2n) is 8.32. The Balaban J connectivity index is 2.37. The smallest absolute Gasteiger partial charge is 0.0363 e. The molecular formula is C21H38N2. The average molecular weight is 319 g/mol. The predicted molar refractivity (Wildman–Crippen MR) is 104 cm³/mol. The minimum absolute atomic E-state index is 0.260. The van der Waals surface area contributed by atoms with Crippen LogP contribution in [0, 0.1) is 5.92 Å². The van der Waals surface area contributed by atoms with Crippen LogP contribution in [0.25, 0.3) is 0 Å². The maximum absolute atomic E-state index is 2.43. The van der Waals surface area contributed by atoms with E-state index in [4.69, 9.17) is 0 Å². The third kappa shape index (κ3) is 7.87. The number of benzene rings is 1. The van der Waals surface area contributed by atoms with E-state index in [0.29, 0.717) is 0 Å². The van der Waals surface area contributed by atoms with Gasteiger partial charge in [-0.15, -0.1) is 0 Å². The van der Waals surface area contributed by atoms with Crippen LogP contribution in [-0.2, 0) is 6.42 Å². The van der Waals surface area contributed by atoms with E-state index in [2.05, 4.69) is 82.8 Å². The van der Waals surface area contributed by atoms with Crippen LogP contribution < -0.4 is 4.90 Å². The average Bonchev–Trinajstić information content (AvgIpc) is 2.46. The minimum Gasteiger partial charge on any atom is -0.375 e. The highest BCUT2D eigenvalue weighted by atomic mass is 15.2. The molecule has 1 rings (SSSR count). The van der Waals surface area contributed by atoms with Gasteiger partial charge in [0.25, 0.3) is 0 Å². The van der Waals surface area contributed by atoms with Crippen molar-refractivity contribution in [1.82, 2.24) is 4.90 Å². The zero-order valence-electron chi connectivity index (χ0n) is 16.5. The monoisotopic (exact) mass is 318 g/mol. The number of anilines is 1. The third-order valence-electron chi connectivity index (χ3n) is 4.76. The first-order valence-corrected chi connectivity index (χ1v) is 9.21. The summed E-state index contributed by atoms with van der Waals surface area (Å²) in [5.41, 5.74) is 3.06. The van der Waals surface area contributed by atoms with E-state index in [9.17, 15) is 0 Å². The molecular weight excluding hydrogens is 280 g/mol. The highest BCUT2D eigenvalue weighted by Crippen LogP contribution is 2.17. The molecule has 0 saturated carbocycles. The topological polar surface area (TPSA) is 6.48 Å². The molecule has 1 aromatic carbocycles. The van der Waals surface area contributed by atoms with E-state index < -0.39 is 0 Å². The molecule has 23 heavy (non-hydrogen) atoms. The molecule has 0 radical (unpaired) electrons. The Hall–Kier alpha value is -1.02. The molecule has 0 aromatic heterocycles. The summed E-state index contributed by atoms with van der Waals surface area (Å²) in [6.07, 6.45) is 5.02. The first kappa shape index (κ1) is 20.0. The number of aryl methyl sites for hydroxylation is 1. The first-order valence-electron chi connectivity index (χ1n) is 9.21. The molecule has 0 amide bonds. The van der Waals surface area contributed by atoms with Gasteiger partial charge in [0.1, 0.15) is 0 Å². The normalized spacial score (nSPS) is 12.2. The summed E-state index contributed by atoms with van der Waals surface area (Å²) >= 11 is 0. The van der Waals surface area contributed by atoms with E-state index >= 15 is 0 Å². The third-order valence-corrected chi connectivity index (χ3v) is 4.76. The molecule has 0 fully saturated rings. The fourth-order valence-electron chi connectivity index (χ4n) is 2.64. The SMILES string of the molecule is CC(C)CCCc1ccc(N(C)CCCN(C)C(C)(C)C)cc1. The quantitative estimate of drug-likeness (QED) is 0.616. The van der Waals surface area contributed by atoms with Crippen molar-refractivity contribution in [2.75, 3.05) is 32.1 Å². The zero-order chi connectivity index (χ0) is 17.5. The number of nitrogens with zero attached hydrogens (tertiary/aromatic N) is 2. The van der Waals surface area contributed by atoms with E-state index in [1.807, 2.05) is 0 Å². The summed E-state index contributed by atoms with van der Waals surface area (Å²) in [6.45, 7) is 13.7. The van der Waals surface area contributed by atoms with Gasteiger partial charge in [-0.3, -0.25) is 0 Å². The highest BCUT2D eigenvalue weighted by molar-refractivity contribution is 5.46. The van der Waals surface area contributed by atoms with Crippen LogP contribution in [0.15, 0.2) is 24.3 Å². The summed E-state index contributed by atoms with van der Waals surface area (Å²) < 4.78 is 0. The molecule has 0 bridgehead atoms. The number of rotatable bonds is 9. The van der Waals surface area contributed by atoms with Gasteiger partial charge >= 0.3 is 0 Å². The molecule has 2 nitrogen and oxygen atoms in total. The standard InChI is InChI=1S/C21H38N2/c1-18(2)10-8-11-19-12-14-20(15-13-19)22(6)16-9-17-23(7)21(3,4)5/h12-15,18H,8-11,16-17H2,1-7H3. The Bertz CT molecular complexity index is 428. The summed E-state index contributed by atoms with van der Waals surface area (Å²) in [6, 6.07) is 9.15. The summed E-state index contributed by atoms with van der Waals surface area (Å²) in [4.78, 5) is 4.80. The molecule has 0 heterocycles. The molecule has 0 spiro atoms. The lowest BCUT2D eigenvalue weighted by Gasteiger charge is -2.32. The van der Waals surface area contributed by atoms with Crippen molar-refractivity contribution in [3.8, 4) is 0 Å². The van der Waals surface area contributed by atoms with Gasteiger partial charge in [-0.1, -0.05) is 32.4 Å². The van der Waals surface area contributed by atoms with E-state index in [-0.39, 0.29) is 5.54 Å². The van der Waals surface area contributed by atoms with Gasteiger partial charge in [0, 0.05) is 31.4 Å². The fourth-order valence-corrected chi connectivity index (χ4v) is 2.64. The van der Waals surface area contributed by atoms with Crippen LogP contribution in [0.4, 0.5) is 5.69 Å². The Kier molecular flexibility index (Phi) is 8.11. The van der Waals surface area contributed by atoms with E-state index in [0.717, 1.165) is 19.0 Å². The van der Waals surface area contributed by atoms with Crippen LogP contribution in [0.1, 0.15) is 59.4 Å². The van der Waals surface area contributed by atoms with Crippen molar-refractivity contribution in [2.24, 2.45) is 5.92 Å². The summed E-state index contributed by atoms with van der Waals surface area (Å²) in [7, 11) is 4.41. The molecule has 132 valence electrons. The summed E-state index contributed by atoms with van der Waals surface area (Å²) in [5.74, 6) is 0.812. The maximum atomic E-state index is 2.43. The van der Waals surface area contributed by atoms with Gasteiger partial charge < -0.3 is 9.80 Å². The van der Waals surface area contributed by atoms with Crippen molar-refractivity contribution >= 4 is 5.69 Å². The molecule has 0 aliphatic carbocycles. The van der Waals surface area contributed by atoms with E-state index in [1.165, 1.54) is 36.9 Å². The molecule has 1 aromatic rings. The van der Waals surface area contributed by atoms with Crippen LogP contribution in [0.2, 0.25) is 0 Å². The van der Waals surface area contributed by atoms with Crippen molar-refractivity contribution < 1.29 is 0 Å². The first-order chi connectivity index (χ1) is 10.7. The Morgan fingerprint density at radius 2 is 1.52 bits per heavy atom. The molecule has 0 saturated heterocycles. The van der Waals surface area contributed by atoms with Gasteiger partial charge in [-0.2, -0.15) is 0 Å². The summed E-state index contributed by atoms with van der Waals surface area (Å²) in [5, 5.41) is 0. The lowest BCUT2D eigenvalue weighted by Crippen LogP contribution is -2.39. The number of hydrogen-bond donors (Lipinski definition) is 0. The molecule has 2 heteroatoms. The van der Waals surface area contributed by atoms with Crippen molar-refractivity contribution in [1.29, 1.82) is 0 Å². The highest BCUT2D eigenvalue weighted by Gasteiger charge is 2.16. The van der Waals surface area contributed by atoms with Crippen LogP contribution in [0.5, 0.6) is 0 Å². The van der Waals surface area contributed by atoms with Gasteiger partial charge in [0.15, 0.2) is 0 Å². The van der Waals surface area contributed by atoms with Crippen LogP contribution in [-0.4, -0.2) is 37.6 Å². The van der Waals surface area contributed by atoms with Crippen molar-refractivity contribution in [3.05, 3.63) is 29.8 Å². The van der Waals surface area contributed by atoms with Crippen molar-refractivity contribution in [2.45, 2.75) is 65.8 Å². The zero-order valence-corrected chi connectivity index (χ0v) is 16.5. The van der Waals surface area contributed by atoms with Gasteiger partial charge in [0.05, 0.1) is 0 Å². The minimum atomic E-state index is 0.260. The predicted octanol–water partition coefficient (Wildman–Crippen LogP) is 5.22. The van der Waals surface area contributed by atoms with Gasteiger partial charge in [-0.25, -0.2) is 0 Å². The maximum Gasteiger partial charge on any atom is 0.0363 e. The lowest BCUT2D eigenvalue weighted by molar-refractivity contribution is 0.175. The Morgan fingerprint density at radius 1 is 0.913 bits per heavy atom. The molecule has 0 aliphatic heterocycles. The lowest BCUT2D eigenvalue weighted by atomic mass is 10.0. The van der Waals surface area contributed by atoms with Crippen molar-refractivity contribution in [3.63, 3.8) is 0 Å². The largest absolute Gasteiger partial charge is 0.375 e. The Labute approximate surface area is 144 Å². The molecule has 0 atom stereocenters. The second kappa shape index (κ2) is 9.32. The van der Waals surface area contributed by atoms with Gasteiger partial charge in [0.2, 0.25) is 0 Å². The van der Waals surface area contributed by atoms with E-state index in [1.54, 1.807) is 0 Å². The fraction of sp³-hybridized carbons (Fsp3) is 0.714. The molecule has 0 unspecified atom stereocenters. The second-order valence-corrected chi connectivity index (χ2v) is 8.32. The van der Waals surface area contributed by atoms with Crippen LogP contribution >= 0.6 is 0 Å². The Morgan fingerprint density at radius 3 is 2.04 bits per heavy atom. The molecule has 0 aliphatic rings.